The molecule has 0 saturated heterocycles. The van der Waals surface area contributed by atoms with E-state index in [1.165, 1.54) is 13.0 Å². The van der Waals surface area contributed by atoms with Crippen molar-refractivity contribution in [3.8, 4) is 0 Å². The van der Waals surface area contributed by atoms with Crippen molar-refractivity contribution < 1.29 is 29.3 Å². The van der Waals surface area contributed by atoms with Gasteiger partial charge in [0.25, 0.3) is 0 Å². The molecule has 6 nitrogen and oxygen atoms in total. The summed E-state index contributed by atoms with van der Waals surface area (Å²) in [7, 11) is 0. The fourth-order valence-electron chi connectivity index (χ4n) is 7.66. The van der Waals surface area contributed by atoms with Gasteiger partial charge in [0.1, 0.15) is 11.9 Å². The summed E-state index contributed by atoms with van der Waals surface area (Å²) in [6.45, 7) is 7.17. The average Bonchev–Trinajstić information content (AvgIpc) is 2.95. The summed E-state index contributed by atoms with van der Waals surface area (Å²) in [6.07, 6.45) is 4.99. The van der Waals surface area contributed by atoms with Crippen LogP contribution in [0.4, 0.5) is 0 Å². The molecule has 0 aromatic carbocycles. The minimum Gasteiger partial charge on any atom is -0.462 e. The van der Waals surface area contributed by atoms with E-state index in [0.29, 0.717) is 12.3 Å². The highest BCUT2D eigenvalue weighted by Gasteiger charge is 2.65. The summed E-state index contributed by atoms with van der Waals surface area (Å²) < 4.78 is 5.83. The van der Waals surface area contributed by atoms with Crippen LogP contribution in [0.2, 0.25) is 0 Å². The number of carbonyl (C=O) groups is 3. The van der Waals surface area contributed by atoms with Gasteiger partial charge in [-0.1, -0.05) is 19.4 Å². The topological polar surface area (TPSA) is 101 Å². The smallest absolute Gasteiger partial charge is 0.302 e. The standard InChI is InChI=1S/C23H32O6/c1-12(24)16-7-8-17-15-6-5-14-9-19(26)23(27,28)11-21(14,3)18(15)10-20(22(16,17)4)29-13(2)25/h9,15-18,20,27-28H,5-8,10-11H2,1-4H3/t15-,16+,17-,18-,20?,21-,22+/m0/s1. The number of hydrogen-bond acceptors (Lipinski definition) is 6. The number of hydrogen-bond donors (Lipinski definition) is 2. The Bertz CT molecular complexity index is 797. The minimum absolute atomic E-state index is 0.0296. The molecule has 0 radical (unpaired) electrons. The largest absolute Gasteiger partial charge is 0.462 e. The Labute approximate surface area is 171 Å². The van der Waals surface area contributed by atoms with Gasteiger partial charge in [-0.25, -0.2) is 0 Å². The summed E-state index contributed by atoms with van der Waals surface area (Å²) >= 11 is 0. The SMILES string of the molecule is CC(=O)OC1C[C@H]2[C@@H](CCC3=CC(=O)C(O)(O)C[C@@]32C)[C@@H]2CC[C@H](C(C)=O)[C@@]12C. The number of aliphatic hydroxyl groups is 2. The predicted molar refractivity (Wildman–Crippen MR) is 104 cm³/mol. The van der Waals surface area contributed by atoms with Gasteiger partial charge in [0.15, 0.2) is 0 Å². The second-order valence-electron chi connectivity index (χ2n) is 10.3. The van der Waals surface area contributed by atoms with Crippen molar-refractivity contribution in [1.29, 1.82) is 0 Å². The van der Waals surface area contributed by atoms with E-state index >= 15 is 0 Å². The molecule has 0 spiro atoms. The number of rotatable bonds is 2. The van der Waals surface area contributed by atoms with Gasteiger partial charge < -0.3 is 14.9 Å². The molecule has 0 aliphatic heterocycles. The summed E-state index contributed by atoms with van der Waals surface area (Å²) in [5.74, 6) is -2.69. The van der Waals surface area contributed by atoms with E-state index < -0.39 is 22.4 Å². The first-order valence-electron chi connectivity index (χ1n) is 10.8. The molecule has 3 fully saturated rings. The van der Waals surface area contributed by atoms with Gasteiger partial charge in [0.05, 0.1) is 0 Å². The number of ether oxygens (including phenoxy) is 1. The molecule has 2 N–H and O–H groups in total. The lowest BCUT2D eigenvalue weighted by Gasteiger charge is -2.60. The van der Waals surface area contributed by atoms with Gasteiger partial charge in [0.2, 0.25) is 11.6 Å². The van der Waals surface area contributed by atoms with Gasteiger partial charge in [0, 0.05) is 24.7 Å². The molecule has 0 bridgehead atoms. The molecule has 6 heteroatoms. The van der Waals surface area contributed by atoms with E-state index in [0.717, 1.165) is 31.3 Å². The van der Waals surface area contributed by atoms with E-state index in [1.807, 2.05) is 6.92 Å². The normalized spacial score (nSPS) is 45.5. The first-order valence-corrected chi connectivity index (χ1v) is 10.8. The van der Waals surface area contributed by atoms with Gasteiger partial charge in [-0.15, -0.1) is 0 Å². The lowest BCUT2D eigenvalue weighted by Crippen LogP contribution is -2.60. The Kier molecular flexibility index (Phi) is 4.63. The van der Waals surface area contributed by atoms with Crippen molar-refractivity contribution in [3.05, 3.63) is 11.6 Å². The van der Waals surface area contributed by atoms with Crippen LogP contribution in [-0.4, -0.2) is 39.6 Å². The van der Waals surface area contributed by atoms with E-state index in [4.69, 9.17) is 4.74 Å². The Balaban J connectivity index is 1.78. The zero-order valence-electron chi connectivity index (χ0n) is 17.7. The highest BCUT2D eigenvalue weighted by Crippen LogP contribution is 2.67. The minimum atomic E-state index is -2.35. The highest BCUT2D eigenvalue weighted by molar-refractivity contribution is 5.97. The first kappa shape index (κ1) is 20.7. The molecule has 4 aliphatic carbocycles. The lowest BCUT2D eigenvalue weighted by atomic mass is 9.45. The molecule has 7 atom stereocenters. The Morgan fingerprint density at radius 1 is 1.10 bits per heavy atom. The molecular formula is C23H32O6. The van der Waals surface area contributed by atoms with Crippen LogP contribution in [0.25, 0.3) is 0 Å². The number of fused-ring (bicyclic) bond motifs is 5. The Morgan fingerprint density at radius 2 is 1.79 bits per heavy atom. The summed E-state index contributed by atoms with van der Waals surface area (Å²) in [5, 5.41) is 20.7. The monoisotopic (exact) mass is 404 g/mol. The maximum Gasteiger partial charge on any atom is 0.302 e. The van der Waals surface area contributed by atoms with Crippen LogP contribution in [0.15, 0.2) is 11.6 Å². The van der Waals surface area contributed by atoms with Crippen LogP contribution in [0.5, 0.6) is 0 Å². The summed E-state index contributed by atoms with van der Waals surface area (Å²) in [4.78, 5) is 36.6. The Morgan fingerprint density at radius 3 is 2.41 bits per heavy atom. The van der Waals surface area contributed by atoms with Crippen LogP contribution in [-0.2, 0) is 19.1 Å². The van der Waals surface area contributed by atoms with Crippen molar-refractivity contribution in [1.82, 2.24) is 0 Å². The third kappa shape index (κ3) is 2.86. The molecule has 0 aromatic rings. The third-order valence-corrected chi connectivity index (χ3v) is 8.92. The van der Waals surface area contributed by atoms with Crippen molar-refractivity contribution in [3.63, 3.8) is 0 Å². The summed E-state index contributed by atoms with van der Waals surface area (Å²) in [6, 6.07) is 0. The molecule has 160 valence electrons. The summed E-state index contributed by atoms with van der Waals surface area (Å²) in [5.41, 5.74) is 0.0544. The van der Waals surface area contributed by atoms with Crippen molar-refractivity contribution in [2.45, 2.75) is 78.1 Å². The maximum atomic E-state index is 12.5. The van der Waals surface area contributed by atoms with Crippen LogP contribution in [0, 0.1) is 34.5 Å². The van der Waals surface area contributed by atoms with E-state index in [1.54, 1.807) is 6.92 Å². The quantitative estimate of drug-likeness (QED) is 0.542. The van der Waals surface area contributed by atoms with Crippen molar-refractivity contribution in [2.75, 3.05) is 0 Å². The van der Waals surface area contributed by atoms with Crippen LogP contribution in [0.3, 0.4) is 0 Å². The zero-order valence-corrected chi connectivity index (χ0v) is 17.7. The lowest BCUT2D eigenvalue weighted by molar-refractivity contribution is -0.208. The number of Topliss-reactive ketones (excluding diaryl/α,β-unsaturated/α-hetero) is 1. The van der Waals surface area contributed by atoms with Crippen LogP contribution >= 0.6 is 0 Å². The molecule has 4 aliphatic rings. The molecule has 0 heterocycles. The van der Waals surface area contributed by atoms with Gasteiger partial charge in [-0.3, -0.25) is 14.4 Å². The van der Waals surface area contributed by atoms with Crippen molar-refractivity contribution >= 4 is 17.5 Å². The second kappa shape index (κ2) is 6.48. The number of carbonyl (C=O) groups excluding carboxylic acids is 3. The molecule has 0 aromatic heterocycles. The second-order valence-corrected chi connectivity index (χ2v) is 10.3. The van der Waals surface area contributed by atoms with E-state index in [-0.39, 0.29) is 42.0 Å². The van der Waals surface area contributed by atoms with Gasteiger partial charge >= 0.3 is 5.97 Å². The van der Waals surface area contributed by atoms with Gasteiger partial charge in [-0.2, -0.15) is 0 Å². The number of allylic oxidation sites excluding steroid dienone is 1. The fraction of sp³-hybridized carbons (Fsp3) is 0.783. The predicted octanol–water partition coefficient (Wildman–Crippen LogP) is 2.56. The van der Waals surface area contributed by atoms with E-state index in [2.05, 4.69) is 6.92 Å². The molecule has 0 amide bonds. The molecule has 3 saturated carbocycles. The molecule has 4 rings (SSSR count). The fourth-order valence-corrected chi connectivity index (χ4v) is 7.66. The average molecular weight is 405 g/mol. The number of esters is 1. The van der Waals surface area contributed by atoms with Crippen molar-refractivity contribution in [2.24, 2.45) is 34.5 Å². The molecule has 29 heavy (non-hydrogen) atoms. The van der Waals surface area contributed by atoms with Gasteiger partial charge in [-0.05, 0) is 68.3 Å². The van der Waals surface area contributed by atoms with Crippen LogP contribution in [0.1, 0.15) is 66.2 Å². The maximum absolute atomic E-state index is 12.5. The molecular weight excluding hydrogens is 372 g/mol. The molecule has 1 unspecified atom stereocenters. The van der Waals surface area contributed by atoms with E-state index in [9.17, 15) is 24.6 Å². The zero-order chi connectivity index (χ0) is 21.4. The third-order valence-electron chi connectivity index (χ3n) is 8.92. The number of ketones is 2. The van der Waals surface area contributed by atoms with Crippen LogP contribution < -0.4 is 0 Å². The first-order chi connectivity index (χ1) is 13.4. The highest BCUT2D eigenvalue weighted by atomic mass is 16.5. The Hall–Kier alpha value is -1.53.